The number of allylic oxidation sites excluding steroid dienone is 3. The molecule has 3 N–H and O–H groups in total. The van der Waals surface area contributed by atoms with Crippen molar-refractivity contribution in [2.45, 2.75) is 63.7 Å². The summed E-state index contributed by atoms with van der Waals surface area (Å²) in [6.45, 7) is 8.46. The van der Waals surface area contributed by atoms with E-state index < -0.39 is 5.41 Å². The number of Topliss-reactive ketones (excluding diaryl/α,β-unsaturated/α-hetero) is 1. The lowest BCUT2D eigenvalue weighted by Crippen LogP contribution is -2.57. The Kier molecular flexibility index (Phi) is 5.03. The molecule has 4 aliphatic rings. The van der Waals surface area contributed by atoms with Gasteiger partial charge in [0.15, 0.2) is 0 Å². The second-order valence-electron chi connectivity index (χ2n) is 12.2. The van der Waals surface area contributed by atoms with Crippen LogP contribution in [0.1, 0.15) is 56.0 Å². The van der Waals surface area contributed by atoms with Gasteiger partial charge < -0.3 is 20.0 Å². The van der Waals surface area contributed by atoms with Crippen molar-refractivity contribution in [2.75, 3.05) is 0 Å². The van der Waals surface area contributed by atoms with Crippen LogP contribution < -0.4 is 5.32 Å². The van der Waals surface area contributed by atoms with Gasteiger partial charge in [0.25, 0.3) is 0 Å². The Morgan fingerprint density at radius 1 is 1.08 bits per heavy atom. The van der Waals surface area contributed by atoms with E-state index in [4.69, 9.17) is 4.74 Å². The summed E-state index contributed by atoms with van der Waals surface area (Å²) in [6, 6.07) is 14.2. The minimum Gasteiger partial charge on any atom is -0.365 e. The molecule has 8 unspecified atom stereocenters. The van der Waals surface area contributed by atoms with Gasteiger partial charge in [0.1, 0.15) is 5.41 Å². The summed E-state index contributed by atoms with van der Waals surface area (Å²) in [5.41, 5.74) is 3.19. The van der Waals surface area contributed by atoms with Gasteiger partial charge in [0.05, 0.1) is 17.4 Å². The zero-order valence-electron chi connectivity index (χ0n) is 22.4. The van der Waals surface area contributed by atoms with Gasteiger partial charge >= 0.3 is 0 Å². The number of fused-ring (bicyclic) bond motifs is 5. The fourth-order valence-electron chi connectivity index (χ4n) is 7.98. The molecule has 0 radical (unpaired) electrons. The number of H-pyrrole nitrogens is 2. The first-order valence-electron chi connectivity index (χ1n) is 13.9. The number of amides is 1. The molecule has 1 amide bonds. The molecule has 1 aliphatic carbocycles. The highest BCUT2D eigenvalue weighted by molar-refractivity contribution is 6.07. The molecule has 2 bridgehead atoms. The summed E-state index contributed by atoms with van der Waals surface area (Å²) in [6.07, 6.45) is 7.97. The number of benzene rings is 1. The molecule has 2 aromatic heterocycles. The van der Waals surface area contributed by atoms with Crippen molar-refractivity contribution in [3.8, 4) is 0 Å². The number of aromatic amines is 2. The number of nitrogens with one attached hydrogen (secondary N) is 3. The SMILES string of the molecule is CC1=CC(C)CC=CC2C3OC3(C)C(C)C3C(Cc4cc5ccccc5[nH]4)NC(=O)C23c2ccc([nH]2)C1=O. The first-order valence-corrected chi connectivity index (χ1v) is 13.9. The molecule has 1 spiro atoms. The van der Waals surface area contributed by atoms with Crippen molar-refractivity contribution in [3.63, 3.8) is 0 Å². The topological polar surface area (TPSA) is 90.3 Å². The smallest absolute Gasteiger partial charge is 0.233 e. The Hall–Kier alpha value is -3.38. The van der Waals surface area contributed by atoms with E-state index in [0.717, 1.165) is 28.9 Å². The third kappa shape index (κ3) is 3.16. The normalized spacial score (nSPS) is 37.9. The lowest BCUT2D eigenvalue weighted by Gasteiger charge is -2.46. The molecule has 196 valence electrons. The molecular weight excluding hydrogens is 474 g/mol. The molecular formula is C32H35N3O3. The summed E-state index contributed by atoms with van der Waals surface area (Å²) in [7, 11) is 0. The van der Waals surface area contributed by atoms with Gasteiger partial charge in [-0.15, -0.1) is 0 Å². The molecule has 6 heteroatoms. The lowest BCUT2D eigenvalue weighted by molar-refractivity contribution is -0.127. The van der Waals surface area contributed by atoms with Gasteiger partial charge in [-0.1, -0.05) is 50.3 Å². The predicted octanol–water partition coefficient (Wildman–Crippen LogP) is 5.24. The zero-order chi connectivity index (χ0) is 26.4. The number of ether oxygens (including phenoxy) is 1. The number of carbonyl (C=O) groups excluding carboxylic acids is 2. The third-order valence-corrected chi connectivity index (χ3v) is 9.98. The van der Waals surface area contributed by atoms with Crippen LogP contribution in [0.3, 0.4) is 0 Å². The van der Waals surface area contributed by atoms with Crippen LogP contribution in [0.5, 0.6) is 0 Å². The van der Waals surface area contributed by atoms with Crippen molar-refractivity contribution in [1.29, 1.82) is 0 Å². The van der Waals surface area contributed by atoms with Crippen LogP contribution in [0.4, 0.5) is 0 Å². The Balaban J connectivity index is 1.38. The molecule has 3 aromatic rings. The molecule has 2 saturated heterocycles. The Morgan fingerprint density at radius 2 is 1.89 bits per heavy atom. The van der Waals surface area contributed by atoms with Crippen LogP contribution in [0, 0.1) is 23.7 Å². The molecule has 38 heavy (non-hydrogen) atoms. The minimum absolute atomic E-state index is 0.0125. The summed E-state index contributed by atoms with van der Waals surface area (Å²) < 4.78 is 6.48. The van der Waals surface area contributed by atoms with E-state index in [1.807, 2.05) is 37.3 Å². The van der Waals surface area contributed by atoms with Crippen LogP contribution in [0.25, 0.3) is 10.9 Å². The number of aromatic nitrogens is 2. The second-order valence-corrected chi connectivity index (χ2v) is 12.2. The number of ketones is 1. The van der Waals surface area contributed by atoms with Crippen LogP contribution in [-0.2, 0) is 21.4 Å². The maximum absolute atomic E-state index is 14.4. The van der Waals surface area contributed by atoms with Crippen LogP contribution in [-0.4, -0.2) is 39.4 Å². The number of epoxide rings is 1. The number of carbonyl (C=O) groups is 2. The lowest BCUT2D eigenvalue weighted by atomic mass is 9.52. The van der Waals surface area contributed by atoms with Crippen molar-refractivity contribution in [1.82, 2.24) is 15.3 Å². The quantitative estimate of drug-likeness (QED) is 0.326. The summed E-state index contributed by atoms with van der Waals surface area (Å²) >= 11 is 0. The molecule has 8 atom stereocenters. The Labute approximate surface area is 222 Å². The summed E-state index contributed by atoms with van der Waals surface area (Å²) in [5, 5.41) is 4.62. The van der Waals surface area contributed by atoms with E-state index in [9.17, 15) is 9.59 Å². The van der Waals surface area contributed by atoms with Crippen LogP contribution in [0.2, 0.25) is 0 Å². The van der Waals surface area contributed by atoms with Gasteiger partial charge in [-0.2, -0.15) is 0 Å². The van der Waals surface area contributed by atoms with Crippen molar-refractivity contribution in [3.05, 3.63) is 83.3 Å². The van der Waals surface area contributed by atoms with Gasteiger partial charge in [-0.05, 0) is 67.3 Å². The molecule has 3 fully saturated rings. The molecule has 1 saturated carbocycles. The second kappa shape index (κ2) is 8.06. The summed E-state index contributed by atoms with van der Waals surface area (Å²) in [5.74, 6) is 0.235. The van der Waals surface area contributed by atoms with Gasteiger partial charge in [0.2, 0.25) is 11.7 Å². The van der Waals surface area contributed by atoms with Crippen molar-refractivity contribution < 1.29 is 14.3 Å². The van der Waals surface area contributed by atoms with Gasteiger partial charge in [0, 0.05) is 41.2 Å². The number of rotatable bonds is 2. The van der Waals surface area contributed by atoms with Crippen molar-refractivity contribution in [2.24, 2.45) is 23.7 Å². The molecule has 7 rings (SSSR count). The predicted molar refractivity (Wildman–Crippen MR) is 147 cm³/mol. The summed E-state index contributed by atoms with van der Waals surface area (Å²) in [4.78, 5) is 34.7. The molecule has 6 nitrogen and oxygen atoms in total. The van der Waals surface area contributed by atoms with Gasteiger partial charge in [-0.3, -0.25) is 9.59 Å². The largest absolute Gasteiger partial charge is 0.365 e. The first-order chi connectivity index (χ1) is 18.2. The van der Waals surface area contributed by atoms with Gasteiger partial charge in [-0.25, -0.2) is 0 Å². The highest BCUT2D eigenvalue weighted by Crippen LogP contribution is 2.66. The van der Waals surface area contributed by atoms with E-state index >= 15 is 0 Å². The monoisotopic (exact) mass is 509 g/mol. The van der Waals surface area contributed by atoms with E-state index in [0.29, 0.717) is 12.1 Å². The standard InChI is InChI=1S/C32H35N3O3/c1-17-8-7-10-22-29-31(4,38-29)19(3)27-25(16-21-15-20-9-5-6-11-23(20)33-21)35-30(37)32(22,27)26-13-12-24(34-26)28(36)18(2)14-17/h5-7,9-15,17,19,22,25,27,29,33-34H,8,16H2,1-4H3,(H,35,37). The van der Waals surface area contributed by atoms with E-state index in [-0.39, 0.29) is 53.1 Å². The minimum atomic E-state index is -0.841. The number of para-hydroxylation sites is 1. The number of hydrogen-bond donors (Lipinski definition) is 3. The van der Waals surface area contributed by atoms with Crippen LogP contribution >= 0.6 is 0 Å². The highest BCUT2D eigenvalue weighted by Gasteiger charge is 2.77. The van der Waals surface area contributed by atoms with E-state index in [2.05, 4.69) is 66.4 Å². The molecule has 5 heterocycles. The Morgan fingerprint density at radius 3 is 2.71 bits per heavy atom. The fraction of sp³-hybridized carbons (Fsp3) is 0.438. The molecule has 3 aliphatic heterocycles. The maximum atomic E-state index is 14.4. The van der Waals surface area contributed by atoms with E-state index in [1.54, 1.807) is 0 Å². The van der Waals surface area contributed by atoms with Crippen LogP contribution in [0.15, 0.2) is 66.3 Å². The average Bonchev–Trinajstić information content (AvgIpc) is 3.22. The zero-order valence-corrected chi connectivity index (χ0v) is 22.4. The first kappa shape index (κ1) is 23.7. The van der Waals surface area contributed by atoms with Crippen molar-refractivity contribution >= 4 is 22.6 Å². The van der Waals surface area contributed by atoms with E-state index in [1.165, 1.54) is 5.39 Å². The Bertz CT molecular complexity index is 1490. The molecule has 1 aromatic carbocycles. The maximum Gasteiger partial charge on any atom is 0.233 e. The third-order valence-electron chi connectivity index (χ3n) is 9.98. The fourth-order valence-corrected chi connectivity index (χ4v) is 7.98. The number of hydrogen-bond acceptors (Lipinski definition) is 3. The highest BCUT2D eigenvalue weighted by atomic mass is 16.6. The average molecular weight is 510 g/mol.